The van der Waals surface area contributed by atoms with Crippen LogP contribution in [0, 0.1) is 6.92 Å². The average molecular weight is 348 g/mol. The van der Waals surface area contributed by atoms with E-state index >= 15 is 0 Å². The predicted octanol–water partition coefficient (Wildman–Crippen LogP) is 1.85. The summed E-state index contributed by atoms with van der Waals surface area (Å²) < 4.78 is 1.20. The maximum absolute atomic E-state index is 12.2. The molecule has 3 rings (SSSR count). The molecule has 0 radical (unpaired) electrons. The molecule has 1 aliphatic heterocycles. The standard InChI is InChI=1S/C16H20N4O3S/c1-3-4-7-20-15(22)13(14(21)17-16(20)23)11-8-10(18-19-11)12-6-5-9(2)24-12/h5-6,10,18,22H,3-4,7-8H2,1-2H3,(H,17,21,23). The van der Waals surface area contributed by atoms with Crippen molar-refractivity contribution in [3.63, 3.8) is 0 Å². The molecule has 3 N–H and O–H groups in total. The van der Waals surface area contributed by atoms with Crippen LogP contribution < -0.4 is 16.7 Å². The topological polar surface area (TPSA) is 99.5 Å². The normalized spacial score (nSPS) is 16.9. The Morgan fingerprint density at radius 1 is 1.42 bits per heavy atom. The molecule has 24 heavy (non-hydrogen) atoms. The molecular formula is C16H20N4O3S. The van der Waals surface area contributed by atoms with Gasteiger partial charge in [0.1, 0.15) is 5.56 Å². The third kappa shape index (κ3) is 3.01. The van der Waals surface area contributed by atoms with Crippen LogP contribution >= 0.6 is 11.3 Å². The fraction of sp³-hybridized carbons (Fsp3) is 0.438. The molecule has 0 saturated heterocycles. The van der Waals surface area contributed by atoms with Gasteiger partial charge in [0.25, 0.3) is 5.56 Å². The van der Waals surface area contributed by atoms with Gasteiger partial charge in [-0.05, 0) is 25.5 Å². The van der Waals surface area contributed by atoms with Gasteiger partial charge in [0.05, 0.1) is 11.8 Å². The predicted molar refractivity (Wildman–Crippen MR) is 94.0 cm³/mol. The lowest BCUT2D eigenvalue weighted by Gasteiger charge is -2.11. The zero-order valence-electron chi connectivity index (χ0n) is 13.6. The Hall–Kier alpha value is -2.35. The van der Waals surface area contributed by atoms with Crippen LogP contribution in [0.25, 0.3) is 0 Å². The Morgan fingerprint density at radius 3 is 2.88 bits per heavy atom. The van der Waals surface area contributed by atoms with Gasteiger partial charge < -0.3 is 10.5 Å². The van der Waals surface area contributed by atoms with E-state index in [4.69, 9.17) is 0 Å². The fourth-order valence-corrected chi connectivity index (χ4v) is 3.67. The van der Waals surface area contributed by atoms with E-state index in [1.54, 1.807) is 11.3 Å². The Morgan fingerprint density at radius 2 is 2.21 bits per heavy atom. The summed E-state index contributed by atoms with van der Waals surface area (Å²) in [7, 11) is 0. The number of H-pyrrole nitrogens is 1. The monoisotopic (exact) mass is 348 g/mol. The third-order valence-electron chi connectivity index (χ3n) is 4.05. The molecule has 1 unspecified atom stereocenters. The second-order valence-electron chi connectivity index (χ2n) is 5.86. The summed E-state index contributed by atoms with van der Waals surface area (Å²) in [4.78, 5) is 28.7. The molecule has 0 bridgehead atoms. The first-order chi connectivity index (χ1) is 11.5. The first-order valence-electron chi connectivity index (χ1n) is 7.96. The van der Waals surface area contributed by atoms with Gasteiger partial charge in [-0.1, -0.05) is 13.3 Å². The lowest BCUT2D eigenvalue weighted by Crippen LogP contribution is -2.33. The van der Waals surface area contributed by atoms with E-state index in [0.717, 1.165) is 17.7 Å². The summed E-state index contributed by atoms with van der Waals surface area (Å²) in [6.07, 6.45) is 2.10. The van der Waals surface area contributed by atoms with Crippen molar-refractivity contribution >= 4 is 17.0 Å². The van der Waals surface area contributed by atoms with Crippen LogP contribution in [0.3, 0.4) is 0 Å². The van der Waals surface area contributed by atoms with Crippen LogP contribution in [0.2, 0.25) is 0 Å². The van der Waals surface area contributed by atoms with Gasteiger partial charge in [-0.15, -0.1) is 11.3 Å². The molecule has 128 valence electrons. The molecule has 7 nitrogen and oxygen atoms in total. The number of unbranched alkanes of at least 4 members (excludes halogenated alkanes) is 1. The third-order valence-corrected chi connectivity index (χ3v) is 5.17. The number of rotatable bonds is 5. The Balaban J connectivity index is 1.92. The summed E-state index contributed by atoms with van der Waals surface area (Å²) in [5.74, 6) is -0.305. The zero-order valence-corrected chi connectivity index (χ0v) is 14.4. The number of aromatic nitrogens is 2. The van der Waals surface area contributed by atoms with E-state index in [2.05, 4.69) is 15.5 Å². The lowest BCUT2D eigenvalue weighted by molar-refractivity contribution is 0.394. The van der Waals surface area contributed by atoms with E-state index < -0.39 is 11.2 Å². The maximum Gasteiger partial charge on any atom is 0.331 e. The number of hydrogen-bond donors (Lipinski definition) is 3. The van der Waals surface area contributed by atoms with Crippen molar-refractivity contribution in [2.75, 3.05) is 0 Å². The van der Waals surface area contributed by atoms with Gasteiger partial charge in [-0.2, -0.15) is 5.10 Å². The number of aromatic hydroxyl groups is 1. The van der Waals surface area contributed by atoms with Crippen LogP contribution in [-0.2, 0) is 6.54 Å². The van der Waals surface area contributed by atoms with Gasteiger partial charge in [0, 0.05) is 22.7 Å². The van der Waals surface area contributed by atoms with E-state index in [0.29, 0.717) is 18.7 Å². The molecule has 8 heteroatoms. The van der Waals surface area contributed by atoms with Gasteiger partial charge in [0.2, 0.25) is 5.88 Å². The second-order valence-corrected chi connectivity index (χ2v) is 7.18. The van der Waals surface area contributed by atoms with Gasteiger partial charge in [-0.25, -0.2) is 4.79 Å². The molecule has 0 amide bonds. The molecular weight excluding hydrogens is 328 g/mol. The van der Waals surface area contributed by atoms with E-state index in [1.807, 2.05) is 26.0 Å². The van der Waals surface area contributed by atoms with Crippen molar-refractivity contribution in [1.82, 2.24) is 15.0 Å². The van der Waals surface area contributed by atoms with Crippen molar-refractivity contribution in [3.05, 3.63) is 48.3 Å². The molecule has 0 aromatic carbocycles. The lowest BCUT2D eigenvalue weighted by atomic mass is 10.1. The van der Waals surface area contributed by atoms with Crippen LogP contribution in [-0.4, -0.2) is 20.4 Å². The van der Waals surface area contributed by atoms with Crippen LogP contribution in [0.4, 0.5) is 0 Å². The van der Waals surface area contributed by atoms with E-state index in [-0.39, 0.29) is 17.5 Å². The average Bonchev–Trinajstić information content (AvgIpc) is 3.16. The fourth-order valence-electron chi connectivity index (χ4n) is 2.75. The summed E-state index contributed by atoms with van der Waals surface area (Å²) >= 11 is 1.67. The smallest absolute Gasteiger partial charge is 0.331 e. The van der Waals surface area contributed by atoms with E-state index in [1.165, 1.54) is 9.44 Å². The molecule has 0 fully saturated rings. The largest absolute Gasteiger partial charge is 0.494 e. The number of hydrogen-bond acceptors (Lipinski definition) is 6. The minimum Gasteiger partial charge on any atom is -0.494 e. The molecule has 1 atom stereocenters. The van der Waals surface area contributed by atoms with Crippen LogP contribution in [0.1, 0.15) is 47.5 Å². The quantitative estimate of drug-likeness (QED) is 0.768. The molecule has 3 heterocycles. The minimum atomic E-state index is -0.603. The van der Waals surface area contributed by atoms with Crippen molar-refractivity contribution in [1.29, 1.82) is 0 Å². The molecule has 0 aliphatic carbocycles. The number of aryl methyl sites for hydroxylation is 1. The first kappa shape index (κ1) is 16.5. The zero-order chi connectivity index (χ0) is 17.3. The SMILES string of the molecule is CCCCn1c(O)c(C2=NNC(c3ccc(C)s3)C2)c(=O)[nH]c1=O. The molecule has 0 spiro atoms. The Labute approximate surface area is 142 Å². The van der Waals surface area contributed by atoms with Crippen LogP contribution in [0.15, 0.2) is 26.8 Å². The number of thiophene rings is 1. The highest BCUT2D eigenvalue weighted by molar-refractivity contribution is 7.12. The number of nitrogens with zero attached hydrogens (tertiary/aromatic N) is 2. The number of nitrogens with one attached hydrogen (secondary N) is 2. The summed E-state index contributed by atoms with van der Waals surface area (Å²) in [5.41, 5.74) is 2.37. The summed E-state index contributed by atoms with van der Waals surface area (Å²) in [5, 5.41) is 14.7. The highest BCUT2D eigenvalue weighted by atomic mass is 32.1. The highest BCUT2D eigenvalue weighted by Crippen LogP contribution is 2.30. The summed E-state index contributed by atoms with van der Waals surface area (Å²) in [6, 6.07) is 4.05. The first-order valence-corrected chi connectivity index (χ1v) is 8.77. The van der Waals surface area contributed by atoms with Crippen molar-refractivity contribution in [2.45, 2.75) is 45.7 Å². The molecule has 1 aliphatic rings. The van der Waals surface area contributed by atoms with Gasteiger partial charge in [-0.3, -0.25) is 14.3 Å². The number of aromatic amines is 1. The summed E-state index contributed by atoms with van der Waals surface area (Å²) in [6.45, 7) is 4.39. The molecule has 2 aromatic rings. The van der Waals surface area contributed by atoms with Crippen molar-refractivity contribution in [2.24, 2.45) is 5.10 Å². The Bertz CT molecular complexity index is 893. The van der Waals surface area contributed by atoms with Gasteiger partial charge >= 0.3 is 5.69 Å². The van der Waals surface area contributed by atoms with Crippen molar-refractivity contribution in [3.8, 4) is 5.88 Å². The van der Waals surface area contributed by atoms with Crippen LogP contribution in [0.5, 0.6) is 5.88 Å². The second kappa shape index (κ2) is 6.64. The maximum atomic E-state index is 12.2. The van der Waals surface area contributed by atoms with Crippen molar-refractivity contribution < 1.29 is 5.11 Å². The number of hydrazone groups is 1. The highest BCUT2D eigenvalue weighted by Gasteiger charge is 2.27. The Kier molecular flexibility index (Phi) is 4.57. The molecule has 0 saturated carbocycles. The van der Waals surface area contributed by atoms with E-state index in [9.17, 15) is 14.7 Å². The van der Waals surface area contributed by atoms with Gasteiger partial charge in [0.15, 0.2) is 0 Å². The minimum absolute atomic E-state index is 0.0199. The molecule has 2 aromatic heterocycles.